The highest BCUT2D eigenvalue weighted by molar-refractivity contribution is 5.83. The number of benzene rings is 1. The Morgan fingerprint density at radius 2 is 1.78 bits per heavy atom. The van der Waals surface area contributed by atoms with Crippen LogP contribution in [0.1, 0.15) is 50.7 Å². The van der Waals surface area contributed by atoms with Gasteiger partial charge in [-0.1, -0.05) is 30.1 Å². The topological polar surface area (TPSA) is 52.1 Å². The zero-order valence-electron chi connectivity index (χ0n) is 17.6. The van der Waals surface area contributed by atoms with E-state index in [0.29, 0.717) is 6.61 Å². The van der Waals surface area contributed by atoms with Gasteiger partial charge in [-0.05, 0) is 70.3 Å². The van der Waals surface area contributed by atoms with Crippen molar-refractivity contribution in [1.82, 2.24) is 5.32 Å². The van der Waals surface area contributed by atoms with Crippen molar-refractivity contribution in [3.8, 4) is 11.5 Å². The summed E-state index contributed by atoms with van der Waals surface area (Å²) in [6.07, 6.45) is 8.60. The minimum atomic E-state index is 0.600. The predicted molar refractivity (Wildman–Crippen MR) is 113 cm³/mol. The summed E-state index contributed by atoms with van der Waals surface area (Å²) in [6, 6.07) is 4.10. The fraction of sp³-hybridized carbons (Fsp3) is 0.591. The summed E-state index contributed by atoms with van der Waals surface area (Å²) in [7, 11) is 1.57. The van der Waals surface area contributed by atoms with Crippen molar-refractivity contribution in [1.29, 1.82) is 0 Å². The molecule has 0 fully saturated rings. The van der Waals surface area contributed by atoms with Crippen LogP contribution in [0.3, 0.4) is 0 Å². The van der Waals surface area contributed by atoms with Crippen LogP contribution in [0.5, 0.6) is 11.5 Å². The lowest BCUT2D eigenvalue weighted by Gasteiger charge is -2.14. The fourth-order valence-corrected chi connectivity index (χ4v) is 2.80. The lowest BCUT2D eigenvalue weighted by atomic mass is 10.1. The monoisotopic (exact) mass is 376 g/mol. The molecule has 5 heteroatoms. The Kier molecular flexibility index (Phi) is 12.0. The van der Waals surface area contributed by atoms with Gasteiger partial charge in [-0.2, -0.15) is 0 Å². The summed E-state index contributed by atoms with van der Waals surface area (Å²) in [4.78, 5) is 4.73. The molecule has 0 radical (unpaired) electrons. The standard InChI is InChI=1S/C22H36N2O3/c1-6-7-13-26-21-15-18(2)22(19(3)16-21)27-14-11-9-8-10-12-23-17-20(4)24-25-5/h6-7,15-16,23H,8-14,17H2,1-5H3/b7-6+,24-20+. The summed E-state index contributed by atoms with van der Waals surface area (Å²) in [6.45, 7) is 11.2. The number of allylic oxidation sites excluding steroid dienone is 1. The molecule has 1 aromatic rings. The van der Waals surface area contributed by atoms with E-state index in [4.69, 9.17) is 14.3 Å². The van der Waals surface area contributed by atoms with Crippen LogP contribution in [-0.4, -0.2) is 39.1 Å². The molecule has 1 N–H and O–H groups in total. The second kappa shape index (κ2) is 14.1. The van der Waals surface area contributed by atoms with E-state index >= 15 is 0 Å². The molecular weight excluding hydrogens is 340 g/mol. The number of ether oxygens (including phenoxy) is 2. The maximum Gasteiger partial charge on any atom is 0.125 e. The number of oxime groups is 1. The molecule has 0 saturated heterocycles. The van der Waals surface area contributed by atoms with Gasteiger partial charge in [0.2, 0.25) is 0 Å². The van der Waals surface area contributed by atoms with Crippen molar-refractivity contribution < 1.29 is 14.3 Å². The highest BCUT2D eigenvalue weighted by atomic mass is 16.6. The molecule has 0 heterocycles. The van der Waals surface area contributed by atoms with E-state index in [1.165, 1.54) is 12.8 Å². The molecule has 5 nitrogen and oxygen atoms in total. The Labute approximate surface area is 164 Å². The number of rotatable bonds is 14. The summed E-state index contributed by atoms with van der Waals surface area (Å²) < 4.78 is 11.7. The van der Waals surface area contributed by atoms with E-state index in [-0.39, 0.29) is 0 Å². The van der Waals surface area contributed by atoms with Crippen LogP contribution >= 0.6 is 0 Å². The SMILES string of the molecule is C/C=C/COc1cc(C)c(OCCCCCCNC/C(C)=N/OC)c(C)c1. The van der Waals surface area contributed by atoms with Crippen molar-refractivity contribution in [2.24, 2.45) is 5.16 Å². The van der Waals surface area contributed by atoms with Crippen LogP contribution in [0.4, 0.5) is 0 Å². The lowest BCUT2D eigenvalue weighted by Crippen LogP contribution is -2.22. The van der Waals surface area contributed by atoms with Crippen LogP contribution < -0.4 is 14.8 Å². The third-order valence-electron chi connectivity index (χ3n) is 4.14. The zero-order chi connectivity index (χ0) is 19.9. The van der Waals surface area contributed by atoms with Crippen LogP contribution in [0, 0.1) is 13.8 Å². The summed E-state index contributed by atoms with van der Waals surface area (Å²) in [5.41, 5.74) is 3.22. The van der Waals surface area contributed by atoms with E-state index in [9.17, 15) is 0 Å². The Balaban J connectivity index is 2.20. The molecule has 27 heavy (non-hydrogen) atoms. The summed E-state index contributed by atoms with van der Waals surface area (Å²) in [5.74, 6) is 1.89. The van der Waals surface area contributed by atoms with Crippen LogP contribution in [0.2, 0.25) is 0 Å². The molecule has 0 atom stereocenters. The predicted octanol–water partition coefficient (Wildman–Crippen LogP) is 4.81. The van der Waals surface area contributed by atoms with E-state index in [2.05, 4.69) is 24.3 Å². The van der Waals surface area contributed by atoms with Crippen LogP contribution in [-0.2, 0) is 4.84 Å². The first kappa shape index (κ1) is 23.0. The molecular formula is C22H36N2O3. The Morgan fingerprint density at radius 1 is 1.07 bits per heavy atom. The molecule has 0 saturated carbocycles. The van der Waals surface area contributed by atoms with Crippen molar-refractivity contribution in [2.45, 2.75) is 53.4 Å². The third kappa shape index (κ3) is 10.0. The highest BCUT2D eigenvalue weighted by Crippen LogP contribution is 2.28. The first-order chi connectivity index (χ1) is 13.1. The van der Waals surface area contributed by atoms with E-state index < -0.39 is 0 Å². The van der Waals surface area contributed by atoms with Crippen LogP contribution in [0.25, 0.3) is 0 Å². The number of hydrogen-bond donors (Lipinski definition) is 1. The first-order valence-electron chi connectivity index (χ1n) is 9.83. The minimum Gasteiger partial charge on any atom is -0.493 e. The van der Waals surface area contributed by atoms with Crippen molar-refractivity contribution in [3.05, 3.63) is 35.4 Å². The average Bonchev–Trinajstić information content (AvgIpc) is 2.62. The molecule has 1 rings (SSSR count). The quantitative estimate of drug-likeness (QED) is 0.219. The van der Waals surface area contributed by atoms with Gasteiger partial charge in [-0.3, -0.25) is 0 Å². The molecule has 0 aliphatic rings. The smallest absolute Gasteiger partial charge is 0.125 e. The van der Waals surface area contributed by atoms with E-state index in [1.807, 2.05) is 38.1 Å². The third-order valence-corrected chi connectivity index (χ3v) is 4.14. The maximum atomic E-state index is 6.02. The molecule has 0 amide bonds. The maximum absolute atomic E-state index is 6.02. The molecule has 0 aliphatic carbocycles. The normalized spacial score (nSPS) is 11.8. The Bertz CT molecular complexity index is 574. The van der Waals surface area contributed by atoms with Gasteiger partial charge < -0.3 is 19.6 Å². The molecule has 1 aromatic carbocycles. The molecule has 0 bridgehead atoms. The lowest BCUT2D eigenvalue weighted by molar-refractivity contribution is 0.212. The van der Waals surface area contributed by atoms with Gasteiger partial charge in [0, 0.05) is 6.54 Å². The highest BCUT2D eigenvalue weighted by Gasteiger charge is 2.07. The minimum absolute atomic E-state index is 0.600. The first-order valence-corrected chi connectivity index (χ1v) is 9.83. The van der Waals surface area contributed by atoms with Gasteiger partial charge in [0.05, 0.1) is 12.3 Å². The van der Waals surface area contributed by atoms with E-state index in [0.717, 1.165) is 60.9 Å². The van der Waals surface area contributed by atoms with Gasteiger partial charge in [0.25, 0.3) is 0 Å². The number of nitrogens with one attached hydrogen (secondary N) is 1. The zero-order valence-corrected chi connectivity index (χ0v) is 17.6. The van der Waals surface area contributed by atoms with Crippen molar-refractivity contribution in [3.63, 3.8) is 0 Å². The van der Waals surface area contributed by atoms with Crippen molar-refractivity contribution in [2.75, 3.05) is 33.4 Å². The van der Waals surface area contributed by atoms with Crippen molar-refractivity contribution >= 4 is 5.71 Å². The Morgan fingerprint density at radius 3 is 2.44 bits per heavy atom. The van der Waals surface area contributed by atoms with Crippen LogP contribution in [0.15, 0.2) is 29.4 Å². The number of aryl methyl sites for hydroxylation is 2. The second-order valence-corrected chi connectivity index (χ2v) is 6.71. The molecule has 0 unspecified atom stereocenters. The summed E-state index contributed by atoms with van der Waals surface area (Å²) in [5, 5.41) is 7.24. The number of nitrogens with zero attached hydrogens (tertiary/aromatic N) is 1. The Hall–Kier alpha value is -2.01. The molecule has 152 valence electrons. The average molecular weight is 377 g/mol. The van der Waals surface area contributed by atoms with Gasteiger partial charge in [-0.15, -0.1) is 0 Å². The largest absolute Gasteiger partial charge is 0.493 e. The molecule has 0 spiro atoms. The van der Waals surface area contributed by atoms with Gasteiger partial charge >= 0.3 is 0 Å². The fourth-order valence-electron chi connectivity index (χ4n) is 2.80. The molecule has 0 aliphatic heterocycles. The van der Waals surface area contributed by atoms with E-state index in [1.54, 1.807) is 7.11 Å². The van der Waals surface area contributed by atoms with Gasteiger partial charge in [0.1, 0.15) is 25.2 Å². The molecule has 0 aromatic heterocycles. The number of hydrogen-bond acceptors (Lipinski definition) is 5. The summed E-state index contributed by atoms with van der Waals surface area (Å²) >= 11 is 0. The van der Waals surface area contributed by atoms with Gasteiger partial charge in [-0.25, -0.2) is 0 Å². The van der Waals surface area contributed by atoms with Gasteiger partial charge in [0.15, 0.2) is 0 Å². The second-order valence-electron chi connectivity index (χ2n) is 6.71. The number of unbranched alkanes of at least 4 members (excludes halogenated alkanes) is 3.